The average molecular weight is 606 g/mol. The van der Waals surface area contributed by atoms with E-state index >= 15 is 0 Å². The van der Waals surface area contributed by atoms with E-state index in [1.54, 1.807) is 0 Å². The van der Waals surface area contributed by atoms with Gasteiger partial charge in [-0.3, -0.25) is 0 Å². The summed E-state index contributed by atoms with van der Waals surface area (Å²) in [5.41, 5.74) is 9.58. The van der Waals surface area contributed by atoms with Crippen LogP contribution >= 0.6 is 0 Å². The first-order chi connectivity index (χ1) is 21.2. The molecule has 6 rings (SSSR count). The van der Waals surface area contributed by atoms with Crippen LogP contribution in [0.3, 0.4) is 0 Å². The van der Waals surface area contributed by atoms with Crippen LogP contribution in [0, 0.1) is 24.1 Å². The van der Waals surface area contributed by atoms with Crippen LogP contribution < -0.4 is 23.5 Å². The second kappa shape index (κ2) is 13.8. The number of nitrogens with zero attached hydrogens (tertiary/aromatic N) is 3. The molecule has 5 aromatic carbocycles. The Hall–Kier alpha value is -4.63. The number of aliphatic imine (C=N–C) groups is 1. The highest BCUT2D eigenvalue weighted by molar-refractivity contribution is 6.26. The fourth-order valence-electron chi connectivity index (χ4n) is 5.32. The molecule has 44 heavy (non-hydrogen) atoms. The zero-order valence-corrected chi connectivity index (χ0v) is 25.2. The first kappa shape index (κ1) is 30.8. The van der Waals surface area contributed by atoms with Crippen LogP contribution in [0.5, 0.6) is 0 Å². The summed E-state index contributed by atoms with van der Waals surface area (Å²) in [7, 11) is -4.94. The molecule has 1 aliphatic heterocycles. The van der Waals surface area contributed by atoms with E-state index < -0.39 is 10.2 Å². The smallest absolute Gasteiger partial charge is 0.300 e. The largest absolute Gasteiger partial charge is 0.334 e. The van der Waals surface area contributed by atoms with Gasteiger partial charge in [-0.1, -0.05) is 109 Å². The van der Waals surface area contributed by atoms with Gasteiger partial charge in [-0.05, 0) is 65.4 Å². The molecule has 0 bridgehead atoms. The molecule has 222 valence electrons. The summed E-state index contributed by atoms with van der Waals surface area (Å²) in [6.07, 6.45) is 0. The van der Waals surface area contributed by atoms with Gasteiger partial charge in [0.2, 0.25) is 0 Å². The van der Waals surface area contributed by atoms with Gasteiger partial charge in [-0.15, -0.1) is 10.2 Å². The van der Waals surface area contributed by atoms with Crippen LogP contribution in [0.25, 0.3) is 0 Å². The molecular formula is C36H32ClN3O4. The zero-order chi connectivity index (χ0) is 31.1. The molecule has 0 radical (unpaired) electrons. The fourth-order valence-corrected chi connectivity index (χ4v) is 5.32. The molecule has 0 amide bonds. The summed E-state index contributed by atoms with van der Waals surface area (Å²) in [6, 6.07) is 47.1. The van der Waals surface area contributed by atoms with Crippen LogP contribution in [0.4, 0.5) is 11.4 Å². The number of aryl methyl sites for hydroxylation is 2. The van der Waals surface area contributed by atoms with Crippen molar-refractivity contribution in [3.8, 4) is 0 Å². The molecule has 0 unspecified atom stereocenters. The topological polar surface area (TPSA) is 111 Å². The zero-order valence-electron chi connectivity index (χ0n) is 24.5. The summed E-state index contributed by atoms with van der Waals surface area (Å²) in [5.74, 6) is 1.95. The summed E-state index contributed by atoms with van der Waals surface area (Å²) >= 11 is 0. The van der Waals surface area contributed by atoms with E-state index in [1.807, 2.05) is 0 Å². The summed E-state index contributed by atoms with van der Waals surface area (Å²) < 4.78 is 36.3. The van der Waals surface area contributed by atoms with Gasteiger partial charge in [0.1, 0.15) is 12.2 Å². The van der Waals surface area contributed by atoms with Crippen molar-refractivity contribution in [3.05, 3.63) is 167 Å². The van der Waals surface area contributed by atoms with Gasteiger partial charge in [0, 0.05) is 5.69 Å². The number of amidine groups is 2. The lowest BCUT2D eigenvalue weighted by Gasteiger charge is -2.24. The van der Waals surface area contributed by atoms with Gasteiger partial charge in [-0.2, -0.15) is 0 Å². The van der Waals surface area contributed by atoms with Crippen LogP contribution in [0.2, 0.25) is 0 Å². The van der Waals surface area contributed by atoms with Crippen molar-refractivity contribution in [1.29, 1.82) is 0 Å². The maximum atomic E-state index is 8.49. The molecule has 1 heterocycles. The molecule has 0 saturated heterocycles. The molecule has 0 spiro atoms. The predicted octanol–water partition coefficient (Wildman–Crippen LogP) is 3.31. The Morgan fingerprint density at radius 2 is 1.09 bits per heavy atom. The maximum Gasteiger partial charge on any atom is 0.334 e. The van der Waals surface area contributed by atoms with Crippen LogP contribution in [0.15, 0.2) is 138 Å². The van der Waals surface area contributed by atoms with Gasteiger partial charge in [-0.25, -0.2) is 23.2 Å². The van der Waals surface area contributed by atoms with Gasteiger partial charge >= 0.3 is 5.84 Å². The highest BCUT2D eigenvalue weighted by atomic mass is 35.7. The quantitative estimate of drug-likeness (QED) is 0.276. The average Bonchev–Trinajstić information content (AvgIpc) is 3.39. The standard InChI is InChI=1S/C36H32N3.ClHO4/c1-27-15-9-13-23-33(27)38(25-29-17-5-3-6-18-29)35-31-21-11-12-22-32(31)36(37-35)39(26-30-19-7-4-8-20-30)34-24-14-10-16-28(34)2;2-1(3,4)5/h3-24H,25-26H2,1-2H3;(H,2,3,4,5)/q+1;/p-1. The third-order valence-electron chi connectivity index (χ3n) is 7.31. The lowest BCUT2D eigenvalue weighted by atomic mass is 10.0. The molecule has 0 saturated carbocycles. The monoisotopic (exact) mass is 605 g/mol. The van der Waals surface area contributed by atoms with Crippen molar-refractivity contribution in [2.24, 2.45) is 4.99 Å². The van der Waals surface area contributed by atoms with Gasteiger partial charge < -0.3 is 4.90 Å². The van der Waals surface area contributed by atoms with Crippen molar-refractivity contribution in [2.45, 2.75) is 26.9 Å². The summed E-state index contributed by atoms with van der Waals surface area (Å²) in [5, 5.41) is 0. The van der Waals surface area contributed by atoms with Crippen molar-refractivity contribution >= 4 is 23.0 Å². The van der Waals surface area contributed by atoms with E-state index in [0.29, 0.717) is 0 Å². The van der Waals surface area contributed by atoms with Gasteiger partial charge in [0.05, 0.1) is 17.7 Å². The Bertz CT molecular complexity index is 1780. The number of halogens is 1. The SMILES string of the molecule is Cc1ccccc1N(Cc1ccccc1)C1=NC(=[N+](Cc2ccccc2)c2ccccc2C)c2ccccc21.[O-][Cl+3]([O-])([O-])[O-]. The maximum absolute atomic E-state index is 8.49. The molecule has 0 aliphatic carbocycles. The summed E-state index contributed by atoms with van der Waals surface area (Å²) in [6.45, 7) is 5.81. The number of benzene rings is 5. The number of rotatable bonds is 6. The third kappa shape index (κ3) is 7.65. The van der Waals surface area contributed by atoms with Crippen LogP contribution in [0.1, 0.15) is 33.4 Å². The first-order valence-corrected chi connectivity index (χ1v) is 15.3. The minimum Gasteiger partial charge on any atom is -0.300 e. The van der Waals surface area contributed by atoms with E-state index in [-0.39, 0.29) is 0 Å². The van der Waals surface area contributed by atoms with Crippen molar-refractivity contribution in [2.75, 3.05) is 4.90 Å². The van der Waals surface area contributed by atoms with Crippen LogP contribution in [-0.2, 0) is 13.1 Å². The second-order valence-electron chi connectivity index (χ2n) is 10.4. The molecule has 7 nitrogen and oxygen atoms in total. The normalized spacial score (nSPS) is 13.4. The number of hydrogen-bond acceptors (Lipinski definition) is 5. The fraction of sp³-hybridized carbons (Fsp3) is 0.111. The Balaban J connectivity index is 0.000000712. The summed E-state index contributed by atoms with van der Waals surface area (Å²) in [4.78, 5) is 7.84. The van der Waals surface area contributed by atoms with Gasteiger partial charge in [0.25, 0.3) is 5.84 Å². The molecule has 8 heteroatoms. The van der Waals surface area contributed by atoms with E-state index in [9.17, 15) is 0 Å². The highest BCUT2D eigenvalue weighted by Crippen LogP contribution is 2.31. The van der Waals surface area contributed by atoms with E-state index in [0.717, 1.165) is 35.9 Å². The highest BCUT2D eigenvalue weighted by Gasteiger charge is 2.36. The lowest BCUT2D eigenvalue weighted by molar-refractivity contribution is -2.00. The predicted molar refractivity (Wildman–Crippen MR) is 162 cm³/mol. The molecule has 0 N–H and O–H groups in total. The van der Waals surface area contributed by atoms with Crippen LogP contribution in [-0.4, -0.2) is 16.2 Å². The van der Waals surface area contributed by atoms with Crippen molar-refractivity contribution in [1.82, 2.24) is 0 Å². The minimum atomic E-state index is -4.94. The number of hydrogen-bond donors (Lipinski definition) is 0. The third-order valence-corrected chi connectivity index (χ3v) is 7.31. The molecule has 5 aromatic rings. The van der Waals surface area contributed by atoms with E-state index in [2.05, 4.69) is 157 Å². The van der Waals surface area contributed by atoms with Crippen molar-refractivity contribution in [3.63, 3.8) is 0 Å². The minimum absolute atomic E-state index is 0.731. The first-order valence-electron chi connectivity index (χ1n) is 14.1. The molecule has 0 aromatic heterocycles. The Morgan fingerprint density at radius 3 is 1.70 bits per heavy atom. The van der Waals surface area contributed by atoms with Gasteiger partial charge in [0.15, 0.2) is 0 Å². The van der Waals surface area contributed by atoms with E-state index in [1.165, 1.54) is 33.6 Å². The number of fused-ring (bicyclic) bond motifs is 1. The Labute approximate surface area is 259 Å². The second-order valence-corrected chi connectivity index (χ2v) is 11.2. The molecule has 1 aliphatic rings. The van der Waals surface area contributed by atoms with E-state index in [4.69, 9.17) is 23.6 Å². The Kier molecular flexibility index (Phi) is 9.65. The number of anilines is 1. The number of para-hydroxylation sites is 2. The molecular weight excluding hydrogens is 574 g/mol. The lowest BCUT2D eigenvalue weighted by Crippen LogP contribution is -2.68. The van der Waals surface area contributed by atoms with Crippen molar-refractivity contribution < 1.29 is 33.5 Å². The Morgan fingerprint density at radius 1 is 0.591 bits per heavy atom. The molecule has 0 fully saturated rings. The molecule has 0 atom stereocenters.